The van der Waals surface area contributed by atoms with E-state index >= 15 is 0 Å². The molecule has 1 unspecified atom stereocenters. The zero-order valence-corrected chi connectivity index (χ0v) is 23.8. The van der Waals surface area contributed by atoms with Crippen molar-refractivity contribution in [1.82, 2.24) is 9.47 Å². The summed E-state index contributed by atoms with van der Waals surface area (Å²) in [6.07, 6.45) is 13.6. The molecular formula is C33H44N2O5. The van der Waals surface area contributed by atoms with Crippen molar-refractivity contribution in [2.45, 2.75) is 96.1 Å². The highest BCUT2D eigenvalue weighted by atomic mass is 16.4. The third kappa shape index (κ3) is 5.76. The van der Waals surface area contributed by atoms with Crippen LogP contribution in [0.1, 0.15) is 94.3 Å². The Bertz CT molecular complexity index is 1260. The molecule has 3 aliphatic rings. The van der Waals surface area contributed by atoms with Gasteiger partial charge in [0, 0.05) is 42.2 Å². The maximum atomic E-state index is 13.6. The number of hydrogen-bond acceptors (Lipinski definition) is 4. The molecule has 2 N–H and O–H groups in total. The number of likely N-dealkylation sites (tertiary alicyclic amines) is 1. The number of aromatic nitrogens is 1. The van der Waals surface area contributed by atoms with Gasteiger partial charge in [0.1, 0.15) is 0 Å². The van der Waals surface area contributed by atoms with Crippen LogP contribution in [0.25, 0.3) is 11.1 Å². The fraction of sp³-hybridized carbons (Fsp3) is 0.606. The van der Waals surface area contributed by atoms with Gasteiger partial charge in [-0.2, -0.15) is 0 Å². The Morgan fingerprint density at radius 3 is 2.35 bits per heavy atom. The van der Waals surface area contributed by atoms with E-state index in [1.54, 1.807) is 12.1 Å². The zero-order chi connectivity index (χ0) is 28.3. The maximum Gasteiger partial charge on any atom is 0.337 e. The number of aliphatic hydroxyl groups is 1. The number of benzene rings is 1. The third-order valence-electron chi connectivity index (χ3n) is 10.1. The van der Waals surface area contributed by atoms with Gasteiger partial charge < -0.3 is 19.7 Å². The summed E-state index contributed by atoms with van der Waals surface area (Å²) in [6, 6.07) is 10.4. The fourth-order valence-electron chi connectivity index (χ4n) is 7.80. The summed E-state index contributed by atoms with van der Waals surface area (Å²) in [6.45, 7) is 3.04. The summed E-state index contributed by atoms with van der Waals surface area (Å²) in [5, 5.41) is 22.3. The number of piperidine rings is 1. The number of carbonyl (C=O) groups excluding carboxylic acids is 1. The highest BCUT2D eigenvalue weighted by Crippen LogP contribution is 2.50. The molecule has 1 aromatic carbocycles. The van der Waals surface area contributed by atoms with Crippen LogP contribution in [0.15, 0.2) is 47.4 Å². The first-order valence-corrected chi connectivity index (χ1v) is 15.3. The number of amides is 1. The Morgan fingerprint density at radius 2 is 1.68 bits per heavy atom. The summed E-state index contributed by atoms with van der Waals surface area (Å²) < 4.78 is 1.38. The van der Waals surface area contributed by atoms with Crippen molar-refractivity contribution >= 4 is 11.9 Å². The molecule has 3 fully saturated rings. The molecule has 7 heteroatoms. The first-order valence-electron chi connectivity index (χ1n) is 15.3. The van der Waals surface area contributed by atoms with Crippen molar-refractivity contribution < 1.29 is 19.8 Å². The van der Waals surface area contributed by atoms with Crippen molar-refractivity contribution in [3.05, 3.63) is 58.5 Å². The number of rotatable bonds is 7. The smallest absolute Gasteiger partial charge is 0.337 e. The van der Waals surface area contributed by atoms with E-state index in [1.807, 2.05) is 23.1 Å². The topological polar surface area (TPSA) is 99.8 Å². The fourth-order valence-corrected chi connectivity index (χ4v) is 7.80. The minimum absolute atomic E-state index is 0.0267. The number of carboxylic acid groups (broad SMARTS) is 1. The molecule has 0 radical (unpaired) electrons. The monoisotopic (exact) mass is 548 g/mol. The minimum atomic E-state index is -1.20. The molecule has 1 amide bonds. The number of carbonyl (C=O) groups is 2. The Balaban J connectivity index is 1.40. The van der Waals surface area contributed by atoms with Crippen LogP contribution < -0.4 is 5.56 Å². The average molecular weight is 549 g/mol. The predicted octanol–water partition coefficient (Wildman–Crippen LogP) is 5.73. The van der Waals surface area contributed by atoms with Gasteiger partial charge in [-0.15, -0.1) is 0 Å². The Morgan fingerprint density at radius 1 is 1.00 bits per heavy atom. The highest BCUT2D eigenvalue weighted by molar-refractivity contribution is 5.95. The van der Waals surface area contributed by atoms with E-state index in [0.717, 1.165) is 38.5 Å². The van der Waals surface area contributed by atoms with Gasteiger partial charge in [0.15, 0.2) is 0 Å². The lowest BCUT2D eigenvalue weighted by Crippen LogP contribution is -2.64. The Hall–Kier alpha value is -2.93. The number of carboxylic acids is 1. The average Bonchev–Trinajstić information content (AvgIpc) is 2.96. The standard InChI is InChI=1S/C33H44N2O5/c1-24(19-25-11-5-2-6-12-25)30(37)34-18-17-33(40,32(22-34)15-9-4-10-16-32)23-35-21-28(31(38)39)27(20-29(35)36)26-13-7-3-8-14-26/h3,7-8,13-14,20-21,24-25,40H,2,4-6,9-12,15-19,22-23H2,1H3,(H,38,39)/t24-,33?/m1/s1. The SMILES string of the molecule is C[C@H](CC1CCCCC1)C(=O)N1CCC(O)(Cn2cc(C(=O)O)c(-c3ccccc3)cc2=O)C2(CCCCC2)C1. The quantitative estimate of drug-likeness (QED) is 0.460. The highest BCUT2D eigenvalue weighted by Gasteiger charge is 2.55. The summed E-state index contributed by atoms with van der Waals surface area (Å²) in [7, 11) is 0. The van der Waals surface area contributed by atoms with E-state index < -0.39 is 17.0 Å². The zero-order valence-electron chi connectivity index (χ0n) is 23.8. The number of nitrogens with zero attached hydrogens (tertiary/aromatic N) is 2. The van der Waals surface area contributed by atoms with E-state index in [-0.39, 0.29) is 29.5 Å². The largest absolute Gasteiger partial charge is 0.478 e. The van der Waals surface area contributed by atoms with E-state index in [2.05, 4.69) is 6.92 Å². The summed E-state index contributed by atoms with van der Waals surface area (Å²) in [5.74, 6) is -0.317. The van der Waals surface area contributed by atoms with Gasteiger partial charge in [-0.25, -0.2) is 4.79 Å². The molecule has 1 aromatic heterocycles. The first-order chi connectivity index (χ1) is 19.2. The van der Waals surface area contributed by atoms with E-state index in [1.165, 1.54) is 48.9 Å². The summed E-state index contributed by atoms with van der Waals surface area (Å²) in [5.41, 5.74) is -0.962. The molecule has 2 aliphatic carbocycles. The van der Waals surface area contributed by atoms with Crippen LogP contribution >= 0.6 is 0 Å². The lowest BCUT2D eigenvalue weighted by molar-refractivity contribution is -0.173. The lowest BCUT2D eigenvalue weighted by Gasteiger charge is -2.56. The van der Waals surface area contributed by atoms with Gasteiger partial charge in [0.05, 0.1) is 17.7 Å². The number of hydrogen-bond donors (Lipinski definition) is 2. The second-order valence-corrected chi connectivity index (χ2v) is 12.8. The van der Waals surface area contributed by atoms with Gasteiger partial charge >= 0.3 is 5.97 Å². The second-order valence-electron chi connectivity index (χ2n) is 12.8. The second kappa shape index (κ2) is 11.9. The van der Waals surface area contributed by atoms with Gasteiger partial charge in [0.25, 0.3) is 5.56 Å². The Kier molecular flexibility index (Phi) is 8.50. The van der Waals surface area contributed by atoms with Gasteiger partial charge in [-0.3, -0.25) is 9.59 Å². The molecule has 1 spiro atoms. The van der Waals surface area contributed by atoms with Crippen LogP contribution in [0.5, 0.6) is 0 Å². The molecule has 1 saturated heterocycles. The molecule has 1 aliphatic heterocycles. The molecular weight excluding hydrogens is 504 g/mol. The van der Waals surface area contributed by atoms with Gasteiger partial charge in [-0.1, -0.05) is 88.6 Å². The minimum Gasteiger partial charge on any atom is -0.478 e. The summed E-state index contributed by atoms with van der Waals surface area (Å²) >= 11 is 0. The van der Waals surface area contributed by atoms with Crippen LogP contribution in [0.3, 0.4) is 0 Å². The molecule has 40 heavy (non-hydrogen) atoms. The van der Waals surface area contributed by atoms with Crippen molar-refractivity contribution in [3.8, 4) is 11.1 Å². The molecule has 216 valence electrons. The van der Waals surface area contributed by atoms with Crippen LogP contribution in [0.4, 0.5) is 0 Å². The molecule has 2 saturated carbocycles. The van der Waals surface area contributed by atoms with Gasteiger partial charge in [-0.05, 0) is 37.2 Å². The molecule has 5 rings (SSSR count). The number of aromatic carboxylic acids is 1. The van der Waals surface area contributed by atoms with Crippen molar-refractivity contribution in [2.24, 2.45) is 17.3 Å². The third-order valence-corrected chi connectivity index (χ3v) is 10.1. The van der Waals surface area contributed by atoms with Crippen LogP contribution in [-0.4, -0.2) is 50.2 Å². The van der Waals surface area contributed by atoms with Crippen molar-refractivity contribution in [2.75, 3.05) is 13.1 Å². The van der Waals surface area contributed by atoms with Gasteiger partial charge in [0.2, 0.25) is 5.91 Å². The van der Waals surface area contributed by atoms with Crippen LogP contribution in [0, 0.1) is 17.3 Å². The first kappa shape index (κ1) is 28.6. The molecule has 2 heterocycles. The van der Waals surface area contributed by atoms with Crippen molar-refractivity contribution in [3.63, 3.8) is 0 Å². The normalized spacial score (nSPS) is 24.1. The van der Waals surface area contributed by atoms with E-state index in [4.69, 9.17) is 0 Å². The van der Waals surface area contributed by atoms with E-state index in [0.29, 0.717) is 36.6 Å². The maximum absolute atomic E-state index is 13.6. The summed E-state index contributed by atoms with van der Waals surface area (Å²) in [4.78, 5) is 41.2. The molecule has 2 atom stereocenters. The van der Waals surface area contributed by atoms with Crippen molar-refractivity contribution in [1.29, 1.82) is 0 Å². The van der Waals surface area contributed by atoms with Crippen LogP contribution in [0.2, 0.25) is 0 Å². The number of pyridine rings is 1. The molecule has 0 bridgehead atoms. The predicted molar refractivity (Wildman–Crippen MR) is 155 cm³/mol. The Labute approximate surface area is 237 Å². The van der Waals surface area contributed by atoms with E-state index in [9.17, 15) is 24.6 Å². The molecule has 7 nitrogen and oxygen atoms in total. The lowest BCUT2D eigenvalue weighted by atomic mass is 9.59. The molecule has 2 aromatic rings. The van der Waals surface area contributed by atoms with Crippen LogP contribution in [-0.2, 0) is 11.3 Å².